The number of carbonyl (C=O) groups is 1. The standard InChI is InChI=1S/C14H19NO3/c1-10(8-14(16)17)9-15-11(2)12-4-6-13(18-3)7-5-12/h4-8,11,15H,9H2,1-3H3,(H,16,17)/b10-8+/t11-/m0/s1. The molecule has 0 bridgehead atoms. The summed E-state index contributed by atoms with van der Waals surface area (Å²) in [6.07, 6.45) is 1.22. The van der Waals surface area contributed by atoms with Crippen molar-refractivity contribution in [2.24, 2.45) is 0 Å². The molecule has 0 aliphatic carbocycles. The fourth-order valence-corrected chi connectivity index (χ4v) is 1.59. The van der Waals surface area contributed by atoms with Crippen molar-refractivity contribution in [1.82, 2.24) is 5.32 Å². The Kier molecular flexibility index (Phi) is 5.39. The first kappa shape index (κ1) is 14.3. The van der Waals surface area contributed by atoms with Gasteiger partial charge in [-0.15, -0.1) is 0 Å². The van der Waals surface area contributed by atoms with Crippen molar-refractivity contribution in [3.8, 4) is 5.75 Å². The van der Waals surface area contributed by atoms with E-state index in [9.17, 15) is 4.79 Å². The molecule has 0 saturated heterocycles. The molecule has 1 rings (SSSR count). The summed E-state index contributed by atoms with van der Waals surface area (Å²) < 4.78 is 5.10. The van der Waals surface area contributed by atoms with Crippen LogP contribution < -0.4 is 10.1 Å². The zero-order valence-corrected chi connectivity index (χ0v) is 10.9. The van der Waals surface area contributed by atoms with Crippen molar-refractivity contribution in [2.45, 2.75) is 19.9 Å². The van der Waals surface area contributed by atoms with Gasteiger partial charge >= 0.3 is 5.97 Å². The molecular weight excluding hydrogens is 230 g/mol. The number of aliphatic carboxylic acids is 1. The van der Waals surface area contributed by atoms with Gasteiger partial charge in [-0.05, 0) is 31.5 Å². The van der Waals surface area contributed by atoms with Crippen LogP contribution in [0.25, 0.3) is 0 Å². The summed E-state index contributed by atoms with van der Waals surface area (Å²) in [6.45, 7) is 4.39. The maximum Gasteiger partial charge on any atom is 0.328 e. The van der Waals surface area contributed by atoms with Crippen LogP contribution in [-0.2, 0) is 4.79 Å². The molecule has 4 heteroatoms. The van der Waals surface area contributed by atoms with Crippen LogP contribution in [0.15, 0.2) is 35.9 Å². The molecule has 2 N–H and O–H groups in total. The summed E-state index contributed by atoms with van der Waals surface area (Å²) in [6, 6.07) is 7.97. The van der Waals surface area contributed by atoms with Crippen LogP contribution in [0, 0.1) is 0 Å². The van der Waals surface area contributed by atoms with Crippen LogP contribution >= 0.6 is 0 Å². The Hall–Kier alpha value is -1.81. The van der Waals surface area contributed by atoms with E-state index in [2.05, 4.69) is 5.32 Å². The maximum absolute atomic E-state index is 10.5. The normalized spacial score (nSPS) is 13.2. The van der Waals surface area contributed by atoms with Crippen molar-refractivity contribution in [3.05, 3.63) is 41.5 Å². The number of hydrogen-bond acceptors (Lipinski definition) is 3. The predicted octanol–water partition coefficient (Wildman–Crippen LogP) is 2.38. The van der Waals surface area contributed by atoms with E-state index in [1.165, 1.54) is 6.08 Å². The lowest BCUT2D eigenvalue weighted by atomic mass is 10.1. The molecule has 4 nitrogen and oxygen atoms in total. The Morgan fingerprint density at radius 2 is 2.06 bits per heavy atom. The van der Waals surface area contributed by atoms with Gasteiger partial charge in [0.1, 0.15) is 5.75 Å². The molecule has 0 spiro atoms. The van der Waals surface area contributed by atoms with Gasteiger partial charge in [0.15, 0.2) is 0 Å². The molecule has 0 heterocycles. The van der Waals surface area contributed by atoms with E-state index < -0.39 is 5.97 Å². The van der Waals surface area contributed by atoms with E-state index in [0.717, 1.165) is 16.9 Å². The highest BCUT2D eigenvalue weighted by Gasteiger charge is 2.05. The molecule has 0 aliphatic rings. The Morgan fingerprint density at radius 1 is 1.44 bits per heavy atom. The van der Waals surface area contributed by atoms with Gasteiger partial charge in [0.2, 0.25) is 0 Å². The molecule has 0 fully saturated rings. The molecule has 0 saturated carbocycles. The van der Waals surface area contributed by atoms with E-state index in [-0.39, 0.29) is 6.04 Å². The third-order valence-electron chi connectivity index (χ3n) is 2.67. The summed E-state index contributed by atoms with van der Waals surface area (Å²) >= 11 is 0. The third kappa shape index (κ3) is 4.59. The minimum Gasteiger partial charge on any atom is -0.497 e. The molecule has 0 radical (unpaired) electrons. The lowest BCUT2D eigenvalue weighted by Crippen LogP contribution is -2.20. The second-order valence-corrected chi connectivity index (χ2v) is 4.20. The molecule has 0 aliphatic heterocycles. The van der Waals surface area contributed by atoms with Crippen molar-refractivity contribution < 1.29 is 14.6 Å². The first-order valence-corrected chi connectivity index (χ1v) is 5.80. The first-order valence-electron chi connectivity index (χ1n) is 5.80. The summed E-state index contributed by atoms with van der Waals surface area (Å²) in [5.74, 6) is -0.0840. The van der Waals surface area contributed by atoms with Crippen molar-refractivity contribution in [3.63, 3.8) is 0 Å². The summed E-state index contributed by atoms with van der Waals surface area (Å²) in [4.78, 5) is 10.5. The zero-order chi connectivity index (χ0) is 13.5. The average Bonchev–Trinajstić information content (AvgIpc) is 2.35. The molecule has 0 aromatic heterocycles. The van der Waals surface area contributed by atoms with Crippen molar-refractivity contribution >= 4 is 5.97 Å². The van der Waals surface area contributed by atoms with E-state index in [1.54, 1.807) is 14.0 Å². The smallest absolute Gasteiger partial charge is 0.328 e. The fraction of sp³-hybridized carbons (Fsp3) is 0.357. The number of benzene rings is 1. The Bertz CT molecular complexity index is 423. The van der Waals surface area contributed by atoms with E-state index in [4.69, 9.17) is 9.84 Å². The Morgan fingerprint density at radius 3 is 2.56 bits per heavy atom. The van der Waals surface area contributed by atoms with Gasteiger partial charge < -0.3 is 15.2 Å². The highest BCUT2D eigenvalue weighted by atomic mass is 16.5. The highest BCUT2D eigenvalue weighted by Crippen LogP contribution is 2.17. The van der Waals surface area contributed by atoms with Crippen LogP contribution in [0.4, 0.5) is 0 Å². The summed E-state index contributed by atoms with van der Waals surface area (Å²) in [5, 5.41) is 11.9. The van der Waals surface area contributed by atoms with Crippen molar-refractivity contribution in [1.29, 1.82) is 0 Å². The zero-order valence-electron chi connectivity index (χ0n) is 10.9. The van der Waals surface area contributed by atoms with Crippen molar-refractivity contribution in [2.75, 3.05) is 13.7 Å². The first-order chi connectivity index (χ1) is 8.52. The molecule has 1 atom stereocenters. The van der Waals surface area contributed by atoms with Gasteiger partial charge in [-0.3, -0.25) is 0 Å². The second-order valence-electron chi connectivity index (χ2n) is 4.20. The number of rotatable bonds is 6. The van der Waals surface area contributed by atoms with Crippen LogP contribution in [0.2, 0.25) is 0 Å². The largest absolute Gasteiger partial charge is 0.497 e. The number of hydrogen-bond donors (Lipinski definition) is 2. The molecule has 0 amide bonds. The van der Waals surface area contributed by atoms with E-state index in [1.807, 2.05) is 31.2 Å². The predicted molar refractivity (Wildman–Crippen MR) is 70.8 cm³/mol. The van der Waals surface area contributed by atoms with Crippen LogP contribution in [-0.4, -0.2) is 24.7 Å². The topological polar surface area (TPSA) is 58.6 Å². The van der Waals surface area contributed by atoms with Gasteiger partial charge in [-0.1, -0.05) is 17.7 Å². The molecule has 18 heavy (non-hydrogen) atoms. The fourth-order valence-electron chi connectivity index (χ4n) is 1.59. The van der Waals surface area contributed by atoms with Gasteiger partial charge in [0, 0.05) is 18.7 Å². The maximum atomic E-state index is 10.5. The Labute approximate surface area is 107 Å². The summed E-state index contributed by atoms with van der Waals surface area (Å²) in [7, 11) is 1.64. The third-order valence-corrected chi connectivity index (χ3v) is 2.67. The molecule has 0 unspecified atom stereocenters. The van der Waals surface area contributed by atoms with Gasteiger partial charge in [0.05, 0.1) is 7.11 Å². The average molecular weight is 249 g/mol. The Balaban J connectivity index is 2.54. The minimum absolute atomic E-state index is 0.160. The lowest BCUT2D eigenvalue weighted by molar-refractivity contribution is -0.131. The second kappa shape index (κ2) is 6.81. The molecular formula is C14H19NO3. The molecule has 1 aromatic carbocycles. The van der Waals surface area contributed by atoms with Crippen LogP contribution in [0.3, 0.4) is 0 Å². The molecule has 98 valence electrons. The number of ether oxygens (including phenoxy) is 1. The monoisotopic (exact) mass is 249 g/mol. The number of methoxy groups -OCH3 is 1. The summed E-state index contributed by atoms with van der Waals surface area (Å²) in [5.41, 5.74) is 1.93. The number of nitrogens with one attached hydrogen (secondary N) is 1. The van der Waals surface area contributed by atoms with Gasteiger partial charge in [-0.2, -0.15) is 0 Å². The SMILES string of the molecule is COc1ccc([C@H](C)NC/C(C)=C/C(=O)O)cc1. The van der Waals surface area contributed by atoms with Crippen LogP contribution in [0.1, 0.15) is 25.5 Å². The lowest BCUT2D eigenvalue weighted by Gasteiger charge is -2.14. The minimum atomic E-state index is -0.911. The van der Waals surface area contributed by atoms with Gasteiger partial charge in [0.25, 0.3) is 0 Å². The number of carboxylic acids is 1. The highest BCUT2D eigenvalue weighted by molar-refractivity contribution is 5.80. The van der Waals surface area contributed by atoms with E-state index in [0.29, 0.717) is 6.54 Å². The quantitative estimate of drug-likeness (QED) is 0.760. The molecule has 1 aromatic rings. The van der Waals surface area contributed by atoms with Gasteiger partial charge in [-0.25, -0.2) is 4.79 Å². The van der Waals surface area contributed by atoms with Crippen LogP contribution in [0.5, 0.6) is 5.75 Å². The van der Waals surface area contributed by atoms with E-state index >= 15 is 0 Å². The number of carboxylic acid groups (broad SMARTS) is 1.